The van der Waals surface area contributed by atoms with E-state index in [1.165, 1.54) is 5.56 Å². The molecular weight excluding hydrogens is 288 g/mol. The summed E-state index contributed by atoms with van der Waals surface area (Å²) in [6, 6.07) is 17.4. The lowest BCUT2D eigenvalue weighted by molar-refractivity contribution is -0.125. The van der Waals surface area contributed by atoms with Crippen molar-refractivity contribution in [1.29, 1.82) is 0 Å². The SMILES string of the molecule is Cc1ccc(CNC(=O)C2CC2C(=O)Nc2ccccc2)cc1. The monoisotopic (exact) mass is 308 g/mol. The summed E-state index contributed by atoms with van der Waals surface area (Å²) in [6.07, 6.45) is 0.623. The molecule has 118 valence electrons. The third-order valence-corrected chi connectivity index (χ3v) is 4.09. The van der Waals surface area contributed by atoms with E-state index in [-0.39, 0.29) is 23.7 Å². The normalized spacial score (nSPS) is 19.0. The quantitative estimate of drug-likeness (QED) is 0.892. The molecule has 2 aromatic carbocycles. The second kappa shape index (κ2) is 6.65. The molecule has 23 heavy (non-hydrogen) atoms. The lowest BCUT2D eigenvalue weighted by Crippen LogP contribution is -2.27. The van der Waals surface area contributed by atoms with Crippen LogP contribution in [-0.4, -0.2) is 11.8 Å². The van der Waals surface area contributed by atoms with Crippen molar-refractivity contribution in [2.75, 3.05) is 5.32 Å². The zero-order valence-corrected chi connectivity index (χ0v) is 13.1. The van der Waals surface area contributed by atoms with Crippen molar-refractivity contribution in [1.82, 2.24) is 5.32 Å². The maximum Gasteiger partial charge on any atom is 0.228 e. The van der Waals surface area contributed by atoms with Crippen molar-refractivity contribution in [2.45, 2.75) is 19.9 Å². The number of amides is 2. The van der Waals surface area contributed by atoms with E-state index in [1.54, 1.807) is 0 Å². The molecule has 0 radical (unpaired) electrons. The van der Waals surface area contributed by atoms with Crippen molar-refractivity contribution in [2.24, 2.45) is 11.8 Å². The maximum absolute atomic E-state index is 12.1. The lowest BCUT2D eigenvalue weighted by Gasteiger charge is -2.06. The molecule has 2 atom stereocenters. The Balaban J connectivity index is 1.47. The van der Waals surface area contributed by atoms with Gasteiger partial charge in [-0.3, -0.25) is 9.59 Å². The first-order chi connectivity index (χ1) is 11.1. The third-order valence-electron chi connectivity index (χ3n) is 4.09. The molecule has 0 aliphatic heterocycles. The molecule has 0 bridgehead atoms. The first-order valence-corrected chi connectivity index (χ1v) is 7.82. The zero-order chi connectivity index (χ0) is 16.2. The molecule has 1 aliphatic carbocycles. The van der Waals surface area contributed by atoms with Crippen LogP contribution >= 0.6 is 0 Å². The molecule has 0 saturated heterocycles. The summed E-state index contributed by atoms with van der Waals surface area (Å²) in [7, 11) is 0. The minimum absolute atomic E-state index is 0.0428. The Bertz CT molecular complexity index is 695. The fraction of sp³-hybridized carbons (Fsp3) is 0.263. The molecule has 3 rings (SSSR count). The van der Waals surface area contributed by atoms with Gasteiger partial charge in [0.2, 0.25) is 11.8 Å². The maximum atomic E-state index is 12.1. The third kappa shape index (κ3) is 3.97. The van der Waals surface area contributed by atoms with Gasteiger partial charge < -0.3 is 10.6 Å². The number of para-hydroxylation sites is 1. The van der Waals surface area contributed by atoms with Crippen LogP contribution in [0.4, 0.5) is 5.69 Å². The van der Waals surface area contributed by atoms with E-state index in [0.29, 0.717) is 13.0 Å². The van der Waals surface area contributed by atoms with Crippen molar-refractivity contribution in [3.8, 4) is 0 Å². The van der Waals surface area contributed by atoms with Crippen LogP contribution in [-0.2, 0) is 16.1 Å². The summed E-state index contributed by atoms with van der Waals surface area (Å²) < 4.78 is 0. The first kappa shape index (κ1) is 15.3. The second-order valence-electron chi connectivity index (χ2n) is 6.01. The molecule has 1 fully saturated rings. The fourth-order valence-electron chi connectivity index (χ4n) is 2.56. The lowest BCUT2D eigenvalue weighted by atomic mass is 10.1. The van der Waals surface area contributed by atoms with Gasteiger partial charge in [-0.2, -0.15) is 0 Å². The average Bonchev–Trinajstić information content (AvgIpc) is 3.36. The van der Waals surface area contributed by atoms with Gasteiger partial charge in [-0.15, -0.1) is 0 Å². The molecule has 1 aliphatic rings. The smallest absolute Gasteiger partial charge is 0.228 e. The standard InChI is InChI=1S/C19H20N2O2/c1-13-7-9-14(10-8-13)12-20-18(22)16-11-17(16)19(23)21-15-5-3-2-4-6-15/h2-10,16-17H,11-12H2,1H3,(H,20,22)(H,21,23). The van der Waals surface area contributed by atoms with Crippen LogP contribution in [0.2, 0.25) is 0 Å². The number of aryl methyl sites for hydroxylation is 1. The Morgan fingerprint density at radius 3 is 2.30 bits per heavy atom. The van der Waals surface area contributed by atoms with Crippen molar-refractivity contribution in [3.63, 3.8) is 0 Å². The van der Waals surface area contributed by atoms with Gasteiger partial charge in [0.25, 0.3) is 0 Å². The number of hydrogen-bond donors (Lipinski definition) is 2. The van der Waals surface area contributed by atoms with Crippen molar-refractivity contribution < 1.29 is 9.59 Å². The number of carbonyl (C=O) groups excluding carboxylic acids is 2. The van der Waals surface area contributed by atoms with Gasteiger partial charge in [0, 0.05) is 12.2 Å². The fourth-order valence-corrected chi connectivity index (χ4v) is 2.56. The summed E-state index contributed by atoms with van der Waals surface area (Å²) >= 11 is 0. The topological polar surface area (TPSA) is 58.2 Å². The Morgan fingerprint density at radius 1 is 0.957 bits per heavy atom. The first-order valence-electron chi connectivity index (χ1n) is 7.82. The highest BCUT2D eigenvalue weighted by Crippen LogP contribution is 2.39. The van der Waals surface area contributed by atoms with Gasteiger partial charge in [-0.05, 0) is 31.0 Å². The van der Waals surface area contributed by atoms with E-state index in [9.17, 15) is 9.59 Å². The second-order valence-corrected chi connectivity index (χ2v) is 6.01. The van der Waals surface area contributed by atoms with Crippen LogP contribution in [0.25, 0.3) is 0 Å². The number of rotatable bonds is 5. The van der Waals surface area contributed by atoms with Crippen LogP contribution in [0.5, 0.6) is 0 Å². The van der Waals surface area contributed by atoms with Crippen LogP contribution in [0.15, 0.2) is 54.6 Å². The van der Waals surface area contributed by atoms with Crippen LogP contribution < -0.4 is 10.6 Å². The average molecular weight is 308 g/mol. The molecule has 2 amide bonds. The minimum atomic E-state index is -0.215. The molecule has 4 nitrogen and oxygen atoms in total. The Hall–Kier alpha value is -2.62. The predicted octanol–water partition coefficient (Wildman–Crippen LogP) is 2.89. The molecule has 2 aromatic rings. The van der Waals surface area contributed by atoms with Gasteiger partial charge in [-0.1, -0.05) is 48.0 Å². The van der Waals surface area contributed by atoms with E-state index in [4.69, 9.17) is 0 Å². The van der Waals surface area contributed by atoms with Crippen LogP contribution in [0, 0.1) is 18.8 Å². The van der Waals surface area contributed by atoms with Crippen molar-refractivity contribution >= 4 is 17.5 Å². The van der Waals surface area contributed by atoms with E-state index in [0.717, 1.165) is 11.3 Å². The van der Waals surface area contributed by atoms with Crippen LogP contribution in [0.1, 0.15) is 17.5 Å². The molecule has 0 heterocycles. The minimum Gasteiger partial charge on any atom is -0.352 e. The Labute approximate surface area is 135 Å². The summed E-state index contributed by atoms with van der Waals surface area (Å²) in [5, 5.41) is 5.76. The van der Waals surface area contributed by atoms with Gasteiger partial charge >= 0.3 is 0 Å². The summed E-state index contributed by atoms with van der Waals surface area (Å²) in [5.41, 5.74) is 3.03. The highest BCUT2D eigenvalue weighted by molar-refractivity contribution is 5.99. The van der Waals surface area contributed by atoms with Gasteiger partial charge in [-0.25, -0.2) is 0 Å². The van der Waals surface area contributed by atoms with Crippen LogP contribution in [0.3, 0.4) is 0 Å². The Kier molecular flexibility index (Phi) is 4.42. The Morgan fingerprint density at radius 2 is 1.61 bits per heavy atom. The molecule has 2 N–H and O–H groups in total. The molecule has 0 aromatic heterocycles. The predicted molar refractivity (Wildman–Crippen MR) is 89.7 cm³/mol. The van der Waals surface area contributed by atoms with E-state index >= 15 is 0 Å². The number of nitrogens with one attached hydrogen (secondary N) is 2. The number of carbonyl (C=O) groups is 2. The number of hydrogen-bond acceptors (Lipinski definition) is 2. The number of anilines is 1. The van der Waals surface area contributed by atoms with Gasteiger partial charge in [0.15, 0.2) is 0 Å². The molecule has 0 spiro atoms. The van der Waals surface area contributed by atoms with Crippen molar-refractivity contribution in [3.05, 3.63) is 65.7 Å². The molecular formula is C19H20N2O2. The highest BCUT2D eigenvalue weighted by Gasteiger charge is 2.47. The molecule has 4 heteroatoms. The zero-order valence-electron chi connectivity index (χ0n) is 13.1. The van der Waals surface area contributed by atoms with E-state index < -0.39 is 0 Å². The molecule has 2 unspecified atom stereocenters. The van der Waals surface area contributed by atoms with Gasteiger partial charge in [0.05, 0.1) is 11.8 Å². The highest BCUT2D eigenvalue weighted by atomic mass is 16.2. The summed E-state index contributed by atoms with van der Waals surface area (Å²) in [6.45, 7) is 2.53. The summed E-state index contributed by atoms with van der Waals surface area (Å²) in [4.78, 5) is 24.2. The van der Waals surface area contributed by atoms with E-state index in [2.05, 4.69) is 10.6 Å². The van der Waals surface area contributed by atoms with Gasteiger partial charge in [0.1, 0.15) is 0 Å². The largest absolute Gasteiger partial charge is 0.352 e. The number of benzene rings is 2. The van der Waals surface area contributed by atoms with E-state index in [1.807, 2.05) is 61.5 Å². The summed E-state index contributed by atoms with van der Waals surface area (Å²) in [5.74, 6) is -0.539. The molecule has 1 saturated carbocycles.